The molecule has 1 saturated carbocycles. The molecule has 2 aliphatic heterocycles. The van der Waals surface area contributed by atoms with Crippen LogP contribution in [0.2, 0.25) is 0 Å². The zero-order valence-electron chi connectivity index (χ0n) is 14.9. The molecule has 7 heteroatoms. The van der Waals surface area contributed by atoms with Gasteiger partial charge in [0.25, 0.3) is 0 Å². The van der Waals surface area contributed by atoms with E-state index in [-0.39, 0.29) is 17.7 Å². The molecule has 1 aromatic heterocycles. The highest BCUT2D eigenvalue weighted by Crippen LogP contribution is 2.59. The molecular formula is C20H19N3O4. The van der Waals surface area contributed by atoms with Crippen molar-refractivity contribution in [3.63, 3.8) is 0 Å². The summed E-state index contributed by atoms with van der Waals surface area (Å²) in [5.41, 5.74) is 2.77. The van der Waals surface area contributed by atoms with Gasteiger partial charge in [0.1, 0.15) is 11.5 Å². The average molecular weight is 365 g/mol. The van der Waals surface area contributed by atoms with E-state index in [1.165, 1.54) is 6.20 Å². The number of ether oxygens (including phenoxy) is 2. The Balaban J connectivity index is 1.42. The fourth-order valence-electron chi connectivity index (χ4n) is 3.79. The summed E-state index contributed by atoms with van der Waals surface area (Å²) < 4.78 is 12.0. The lowest BCUT2D eigenvalue weighted by Crippen LogP contribution is -2.50. The molecule has 3 aliphatic rings. The van der Waals surface area contributed by atoms with Gasteiger partial charge in [-0.1, -0.05) is 6.07 Å². The van der Waals surface area contributed by atoms with E-state index in [1.54, 1.807) is 12.1 Å². The first kappa shape index (κ1) is 16.1. The van der Waals surface area contributed by atoms with Crippen LogP contribution in [0.1, 0.15) is 30.4 Å². The highest BCUT2D eigenvalue weighted by molar-refractivity contribution is 6.15. The van der Waals surface area contributed by atoms with E-state index in [9.17, 15) is 9.59 Å². The third-order valence-electron chi connectivity index (χ3n) is 5.45. The minimum absolute atomic E-state index is 0.0922. The van der Waals surface area contributed by atoms with Gasteiger partial charge in [-0.05, 0) is 37.5 Å². The monoisotopic (exact) mass is 365 g/mol. The van der Waals surface area contributed by atoms with Crippen LogP contribution in [0.3, 0.4) is 0 Å². The number of hydrogen-bond acceptors (Lipinski definition) is 5. The van der Waals surface area contributed by atoms with Crippen LogP contribution < -0.4 is 19.7 Å². The number of nitrogens with one attached hydrogen (secondary N) is 1. The number of aryl methyl sites for hydroxylation is 1. The maximum atomic E-state index is 12.0. The van der Waals surface area contributed by atoms with Gasteiger partial charge in [-0.3, -0.25) is 4.79 Å². The lowest BCUT2D eigenvalue weighted by atomic mass is 9.95. The number of benzene rings is 1. The Hall–Kier alpha value is -3.09. The van der Waals surface area contributed by atoms with Gasteiger partial charge < -0.3 is 14.8 Å². The molecule has 1 spiro atoms. The summed E-state index contributed by atoms with van der Waals surface area (Å²) in [6.45, 7) is 3.12. The van der Waals surface area contributed by atoms with Gasteiger partial charge in [-0.25, -0.2) is 14.7 Å². The van der Waals surface area contributed by atoms with E-state index in [2.05, 4.69) is 10.3 Å². The number of imide groups is 1. The molecule has 0 radical (unpaired) electrons. The number of anilines is 1. The van der Waals surface area contributed by atoms with E-state index in [0.29, 0.717) is 24.7 Å². The third-order valence-corrected chi connectivity index (χ3v) is 5.45. The smallest absolute Gasteiger partial charge is 0.328 e. The number of aromatic nitrogens is 1. The van der Waals surface area contributed by atoms with E-state index >= 15 is 0 Å². The number of fused-ring (bicyclic) bond motifs is 2. The molecule has 0 atom stereocenters. The lowest BCUT2D eigenvalue weighted by Gasteiger charge is -2.25. The fourth-order valence-corrected chi connectivity index (χ4v) is 3.79. The normalized spacial score (nSPS) is 19.5. The van der Waals surface area contributed by atoms with Gasteiger partial charge in [0, 0.05) is 30.0 Å². The summed E-state index contributed by atoms with van der Waals surface area (Å²) in [6, 6.07) is 6.86. The van der Waals surface area contributed by atoms with E-state index in [1.807, 2.05) is 19.1 Å². The molecule has 3 heterocycles. The molecule has 0 unspecified atom stereocenters. The van der Waals surface area contributed by atoms with Gasteiger partial charge in [0.15, 0.2) is 0 Å². The molecule has 27 heavy (non-hydrogen) atoms. The Kier molecular flexibility index (Phi) is 3.40. The van der Waals surface area contributed by atoms with Gasteiger partial charge in [0.05, 0.1) is 18.5 Å². The number of nitrogens with zero attached hydrogens (tertiary/aromatic N) is 2. The van der Waals surface area contributed by atoms with Gasteiger partial charge in [-0.2, -0.15) is 0 Å². The lowest BCUT2D eigenvalue weighted by molar-refractivity contribution is -0.118. The molecule has 0 bridgehead atoms. The Bertz CT molecular complexity index is 934. The molecule has 1 N–H and O–H groups in total. The Morgan fingerprint density at radius 3 is 2.78 bits per heavy atom. The second kappa shape index (κ2) is 5.70. The first-order valence-corrected chi connectivity index (χ1v) is 9.09. The zero-order valence-corrected chi connectivity index (χ0v) is 14.9. The fraction of sp³-hybridized carbons (Fsp3) is 0.350. The molecule has 1 saturated heterocycles. The van der Waals surface area contributed by atoms with Crippen molar-refractivity contribution >= 4 is 17.6 Å². The number of hydrogen-bond donors (Lipinski definition) is 1. The summed E-state index contributed by atoms with van der Waals surface area (Å²) in [5.74, 6) is 1.87. The van der Waals surface area contributed by atoms with Crippen LogP contribution in [0.4, 0.5) is 10.5 Å². The standard InChI is InChI=1S/C20H19N3O4/c1-12-2-4-14(17-18(12)26-11-20(17)7-8-20)27-15-5-3-13(10-22-15)23-16(24)6-9-21-19(23)25/h2-5,10H,6-9,11H2,1H3,(H,21,25). The Morgan fingerprint density at radius 1 is 1.22 bits per heavy atom. The summed E-state index contributed by atoms with van der Waals surface area (Å²) >= 11 is 0. The largest absolute Gasteiger partial charge is 0.492 e. The quantitative estimate of drug-likeness (QED) is 0.904. The van der Waals surface area contributed by atoms with Crippen LogP contribution in [-0.4, -0.2) is 30.1 Å². The molecular weight excluding hydrogens is 346 g/mol. The second-order valence-corrected chi connectivity index (χ2v) is 7.32. The summed E-state index contributed by atoms with van der Waals surface area (Å²) in [6.07, 6.45) is 3.98. The van der Waals surface area contributed by atoms with Crippen molar-refractivity contribution in [2.45, 2.75) is 31.6 Å². The van der Waals surface area contributed by atoms with Crippen molar-refractivity contribution < 1.29 is 19.1 Å². The molecule has 1 aliphatic carbocycles. The summed E-state index contributed by atoms with van der Waals surface area (Å²) in [5, 5.41) is 2.66. The highest BCUT2D eigenvalue weighted by Gasteiger charge is 2.53. The molecule has 2 aromatic rings. The van der Waals surface area contributed by atoms with Crippen molar-refractivity contribution in [2.24, 2.45) is 0 Å². The Morgan fingerprint density at radius 2 is 2.07 bits per heavy atom. The number of amides is 3. The van der Waals surface area contributed by atoms with Gasteiger partial charge >= 0.3 is 6.03 Å². The van der Waals surface area contributed by atoms with Crippen molar-refractivity contribution in [1.29, 1.82) is 0 Å². The van der Waals surface area contributed by atoms with Crippen molar-refractivity contribution in [1.82, 2.24) is 10.3 Å². The van der Waals surface area contributed by atoms with Crippen LogP contribution in [0, 0.1) is 6.92 Å². The van der Waals surface area contributed by atoms with Crippen LogP contribution in [-0.2, 0) is 10.2 Å². The maximum Gasteiger partial charge on any atom is 0.328 e. The van der Waals surface area contributed by atoms with E-state index in [4.69, 9.17) is 9.47 Å². The SMILES string of the molecule is Cc1ccc(Oc2ccc(N3C(=O)CCNC3=O)cn2)c2c1OCC21CC1. The minimum Gasteiger partial charge on any atom is -0.492 e. The van der Waals surface area contributed by atoms with Gasteiger partial charge in [0.2, 0.25) is 11.8 Å². The van der Waals surface area contributed by atoms with Gasteiger partial charge in [-0.15, -0.1) is 0 Å². The number of rotatable bonds is 3. The first-order valence-electron chi connectivity index (χ1n) is 9.09. The topological polar surface area (TPSA) is 80.8 Å². The molecule has 7 nitrogen and oxygen atoms in total. The molecule has 1 aromatic carbocycles. The number of pyridine rings is 1. The predicted octanol–water partition coefficient (Wildman–Crippen LogP) is 3.05. The number of carbonyl (C=O) groups excluding carboxylic acids is 2. The van der Waals surface area contributed by atoms with E-state index < -0.39 is 6.03 Å². The average Bonchev–Trinajstić information content (AvgIpc) is 3.33. The summed E-state index contributed by atoms with van der Waals surface area (Å²) in [4.78, 5) is 29.4. The van der Waals surface area contributed by atoms with Crippen LogP contribution in [0.15, 0.2) is 30.5 Å². The molecule has 5 rings (SSSR count). The van der Waals surface area contributed by atoms with Crippen LogP contribution >= 0.6 is 0 Å². The first-order chi connectivity index (χ1) is 13.1. The second-order valence-electron chi connectivity index (χ2n) is 7.32. The molecule has 3 amide bonds. The van der Waals surface area contributed by atoms with Crippen LogP contribution in [0.25, 0.3) is 0 Å². The van der Waals surface area contributed by atoms with Crippen molar-refractivity contribution in [3.05, 3.63) is 41.6 Å². The number of urea groups is 1. The minimum atomic E-state index is -0.425. The zero-order chi connectivity index (χ0) is 18.6. The number of carbonyl (C=O) groups is 2. The summed E-state index contributed by atoms with van der Waals surface area (Å²) in [7, 11) is 0. The van der Waals surface area contributed by atoms with E-state index in [0.717, 1.165) is 40.4 Å². The predicted molar refractivity (Wildman–Crippen MR) is 97.4 cm³/mol. The van der Waals surface area contributed by atoms with Crippen molar-refractivity contribution in [2.75, 3.05) is 18.1 Å². The highest BCUT2D eigenvalue weighted by atomic mass is 16.5. The third kappa shape index (κ3) is 2.53. The van der Waals surface area contributed by atoms with Crippen LogP contribution in [0.5, 0.6) is 17.4 Å². The van der Waals surface area contributed by atoms with Crippen molar-refractivity contribution in [3.8, 4) is 17.4 Å². The maximum absolute atomic E-state index is 12.0. The molecule has 2 fully saturated rings. The Labute approximate surface area is 156 Å². The molecule has 138 valence electrons.